The van der Waals surface area contributed by atoms with Crippen molar-refractivity contribution in [2.45, 2.75) is 38.1 Å². The monoisotopic (exact) mass is 542 g/mol. The maximum Gasteiger partial charge on any atom is 0.226 e. The summed E-state index contributed by atoms with van der Waals surface area (Å²) < 4.78 is 6.45. The van der Waals surface area contributed by atoms with Gasteiger partial charge in [-0.25, -0.2) is 9.97 Å². The van der Waals surface area contributed by atoms with Crippen LogP contribution in [0, 0.1) is 22.7 Å². The van der Waals surface area contributed by atoms with Crippen LogP contribution in [0.5, 0.6) is 5.75 Å². The average molecular weight is 543 g/mol. The van der Waals surface area contributed by atoms with E-state index in [0.717, 1.165) is 27.1 Å². The number of carbonyl (C=O) groups is 1. The fourth-order valence-corrected chi connectivity index (χ4v) is 5.71. The third-order valence-corrected chi connectivity index (χ3v) is 7.68. The van der Waals surface area contributed by atoms with E-state index in [4.69, 9.17) is 10.5 Å². The molecule has 0 radical (unpaired) electrons. The van der Waals surface area contributed by atoms with Crippen molar-refractivity contribution in [2.24, 2.45) is 0 Å². The smallest absolute Gasteiger partial charge is 0.226 e. The van der Waals surface area contributed by atoms with Crippen molar-refractivity contribution in [2.75, 3.05) is 23.4 Å². The quantitative estimate of drug-likeness (QED) is 0.234. The number of thioether (sulfide) groups is 1. The van der Waals surface area contributed by atoms with E-state index in [2.05, 4.69) is 41.3 Å². The number of nitriles is 2. The number of thiazole rings is 1. The highest BCUT2D eigenvalue weighted by Gasteiger charge is 2.21. The lowest BCUT2D eigenvalue weighted by Crippen LogP contribution is -2.12. The number of anilines is 2. The highest BCUT2D eigenvalue weighted by Crippen LogP contribution is 2.36. The number of hydrogen-bond donors (Lipinski definition) is 2. The largest absolute Gasteiger partial charge is 0.494 e. The lowest BCUT2D eigenvalue weighted by atomic mass is 9.94. The molecule has 2 aromatic heterocycles. The van der Waals surface area contributed by atoms with Gasteiger partial charge in [-0.2, -0.15) is 10.5 Å². The van der Waals surface area contributed by atoms with E-state index < -0.39 is 0 Å². The fourth-order valence-electron chi connectivity index (χ4n) is 3.86. The van der Waals surface area contributed by atoms with Gasteiger partial charge in [0, 0.05) is 17.7 Å². The van der Waals surface area contributed by atoms with Crippen LogP contribution in [0.15, 0.2) is 47.5 Å². The number of rotatable bonds is 9. The molecule has 0 fully saturated rings. The van der Waals surface area contributed by atoms with Crippen LogP contribution < -0.4 is 15.8 Å². The van der Waals surface area contributed by atoms with E-state index in [1.54, 1.807) is 0 Å². The molecule has 0 bridgehead atoms. The second kappa shape index (κ2) is 12.0. The van der Waals surface area contributed by atoms with Crippen molar-refractivity contribution in [1.82, 2.24) is 9.97 Å². The molecule has 3 N–H and O–H groups in total. The molecule has 4 rings (SSSR count). The number of nitrogens with zero attached hydrogens (tertiary/aromatic N) is 4. The summed E-state index contributed by atoms with van der Waals surface area (Å²) in [6.07, 6.45) is 0.176. The van der Waals surface area contributed by atoms with Gasteiger partial charge in [0.25, 0.3) is 0 Å². The standard InChI is InChI=1S/C28H26N6O2S2/c1-4-36-19-9-10-22-23(13-19)38-28(32-22)33-24(35)11-12-37-27-21(15-30)25(20(14-29)26(31)34-27)18-7-5-17(6-8-18)16(2)3/h5-10,13,16H,4,11-12H2,1-3H3,(H2,31,34)(H,32,33,35). The number of aromatic nitrogens is 2. The average Bonchev–Trinajstić information content (AvgIpc) is 3.30. The fraction of sp³-hybridized carbons (Fsp3) is 0.250. The summed E-state index contributed by atoms with van der Waals surface area (Å²) in [6, 6.07) is 17.7. The Morgan fingerprint density at radius 1 is 1.13 bits per heavy atom. The van der Waals surface area contributed by atoms with Gasteiger partial charge in [-0.3, -0.25) is 4.79 Å². The zero-order chi connectivity index (χ0) is 27.2. The minimum atomic E-state index is -0.203. The van der Waals surface area contributed by atoms with Gasteiger partial charge in [0.1, 0.15) is 34.3 Å². The van der Waals surface area contributed by atoms with Crippen LogP contribution in [0.3, 0.4) is 0 Å². The van der Waals surface area contributed by atoms with Crippen molar-refractivity contribution >= 4 is 50.2 Å². The normalized spacial score (nSPS) is 10.8. The Morgan fingerprint density at radius 3 is 2.53 bits per heavy atom. The van der Waals surface area contributed by atoms with Gasteiger partial charge < -0.3 is 15.8 Å². The number of nitrogens with one attached hydrogen (secondary N) is 1. The second-order valence-electron chi connectivity index (χ2n) is 8.66. The van der Waals surface area contributed by atoms with Crippen molar-refractivity contribution in [1.29, 1.82) is 10.5 Å². The van der Waals surface area contributed by atoms with Gasteiger partial charge in [-0.1, -0.05) is 49.4 Å². The van der Waals surface area contributed by atoms with Crippen LogP contribution >= 0.6 is 23.1 Å². The predicted molar refractivity (Wildman–Crippen MR) is 152 cm³/mol. The molecule has 8 nitrogen and oxygen atoms in total. The van der Waals surface area contributed by atoms with Crippen LogP contribution in [0.25, 0.3) is 21.3 Å². The Bertz CT molecular complexity index is 1570. The molecule has 0 saturated heterocycles. The Labute approximate surface area is 229 Å². The number of fused-ring (bicyclic) bond motifs is 1. The Kier molecular flexibility index (Phi) is 8.47. The molecule has 0 aliphatic rings. The molecular formula is C28H26N6O2S2. The number of ether oxygens (including phenoxy) is 1. The summed E-state index contributed by atoms with van der Waals surface area (Å²) in [5.41, 5.74) is 9.68. The minimum absolute atomic E-state index is 0.0577. The van der Waals surface area contributed by atoms with E-state index >= 15 is 0 Å². The number of amides is 1. The van der Waals surface area contributed by atoms with Gasteiger partial charge in [0.2, 0.25) is 5.91 Å². The van der Waals surface area contributed by atoms with Gasteiger partial charge in [-0.05, 0) is 42.2 Å². The van der Waals surface area contributed by atoms with E-state index in [-0.39, 0.29) is 29.3 Å². The zero-order valence-electron chi connectivity index (χ0n) is 21.2. The number of nitrogens with two attached hydrogens (primary N) is 1. The first-order valence-corrected chi connectivity index (χ1v) is 13.8. The molecule has 0 atom stereocenters. The van der Waals surface area contributed by atoms with E-state index in [1.165, 1.54) is 23.1 Å². The SMILES string of the molecule is CCOc1ccc2nc(NC(=O)CCSc3nc(N)c(C#N)c(-c4ccc(C(C)C)cc4)c3C#N)sc2c1. The molecule has 0 unspecified atom stereocenters. The first-order valence-electron chi connectivity index (χ1n) is 12.0. The van der Waals surface area contributed by atoms with Gasteiger partial charge in [-0.15, -0.1) is 11.8 Å². The van der Waals surface area contributed by atoms with E-state index in [9.17, 15) is 15.3 Å². The number of benzene rings is 2. The summed E-state index contributed by atoms with van der Waals surface area (Å²) in [6.45, 7) is 6.69. The zero-order valence-corrected chi connectivity index (χ0v) is 22.9. The van der Waals surface area contributed by atoms with Crippen LogP contribution in [-0.2, 0) is 4.79 Å². The first-order chi connectivity index (χ1) is 18.3. The van der Waals surface area contributed by atoms with Gasteiger partial charge in [0.05, 0.1) is 22.4 Å². The summed E-state index contributed by atoms with van der Waals surface area (Å²) in [4.78, 5) is 21.4. The van der Waals surface area contributed by atoms with E-state index in [1.807, 2.05) is 49.4 Å². The summed E-state index contributed by atoms with van der Waals surface area (Å²) in [5, 5.41) is 23.5. The molecule has 38 heavy (non-hydrogen) atoms. The van der Waals surface area contributed by atoms with Crippen molar-refractivity contribution < 1.29 is 9.53 Å². The van der Waals surface area contributed by atoms with Crippen molar-refractivity contribution in [3.05, 3.63) is 59.2 Å². The summed E-state index contributed by atoms with van der Waals surface area (Å²) >= 11 is 2.63. The molecule has 0 saturated carbocycles. The molecular weight excluding hydrogens is 516 g/mol. The number of nitrogen functional groups attached to an aromatic ring is 1. The summed E-state index contributed by atoms with van der Waals surface area (Å²) in [5.74, 6) is 1.33. The molecule has 192 valence electrons. The number of carbonyl (C=O) groups excluding carboxylic acids is 1. The Hall–Kier alpha value is -4.12. The molecule has 2 aromatic carbocycles. The molecule has 1 amide bonds. The predicted octanol–water partition coefficient (Wildman–Crippen LogP) is 6.33. The van der Waals surface area contributed by atoms with E-state index in [0.29, 0.717) is 34.0 Å². The third-order valence-electron chi connectivity index (χ3n) is 5.77. The second-order valence-corrected chi connectivity index (χ2v) is 10.8. The molecule has 4 aromatic rings. The maximum absolute atomic E-state index is 12.6. The highest BCUT2D eigenvalue weighted by molar-refractivity contribution is 7.99. The Balaban J connectivity index is 1.49. The van der Waals surface area contributed by atoms with Gasteiger partial charge >= 0.3 is 0 Å². The number of pyridine rings is 1. The first kappa shape index (κ1) is 26.9. The molecule has 0 spiro atoms. The highest BCUT2D eigenvalue weighted by atomic mass is 32.2. The lowest BCUT2D eigenvalue weighted by Gasteiger charge is -2.14. The molecule has 10 heteroatoms. The molecule has 0 aliphatic heterocycles. The van der Waals surface area contributed by atoms with Crippen LogP contribution in [-0.4, -0.2) is 28.2 Å². The lowest BCUT2D eigenvalue weighted by molar-refractivity contribution is -0.115. The Morgan fingerprint density at radius 2 is 1.87 bits per heavy atom. The van der Waals surface area contributed by atoms with Crippen molar-refractivity contribution in [3.63, 3.8) is 0 Å². The van der Waals surface area contributed by atoms with Gasteiger partial charge in [0.15, 0.2) is 5.13 Å². The third kappa shape index (κ3) is 5.88. The van der Waals surface area contributed by atoms with Crippen LogP contribution in [0.4, 0.5) is 10.9 Å². The van der Waals surface area contributed by atoms with Crippen molar-refractivity contribution in [3.8, 4) is 29.0 Å². The van der Waals surface area contributed by atoms with Crippen LogP contribution in [0.1, 0.15) is 49.8 Å². The van der Waals surface area contributed by atoms with Crippen LogP contribution in [0.2, 0.25) is 0 Å². The topological polar surface area (TPSA) is 138 Å². The maximum atomic E-state index is 12.6. The number of hydrogen-bond acceptors (Lipinski definition) is 9. The molecule has 0 aliphatic carbocycles. The summed E-state index contributed by atoms with van der Waals surface area (Å²) in [7, 11) is 0. The minimum Gasteiger partial charge on any atom is -0.494 e. The molecule has 2 heterocycles.